The van der Waals surface area contributed by atoms with E-state index in [1.165, 1.54) is 17.9 Å². The van der Waals surface area contributed by atoms with Crippen LogP contribution in [0.25, 0.3) is 0 Å². The van der Waals surface area contributed by atoms with Crippen molar-refractivity contribution in [2.75, 3.05) is 19.8 Å². The monoisotopic (exact) mass is 331 g/mol. The van der Waals surface area contributed by atoms with Crippen LogP contribution in [0.1, 0.15) is 54.1 Å². The largest absolute Gasteiger partial charge is 0.477 e. The number of hydrogen-bond acceptors (Lipinski definition) is 5. The van der Waals surface area contributed by atoms with E-state index in [0.29, 0.717) is 43.9 Å². The number of rotatable bonds is 6. The number of nitrogens with zero attached hydrogens (tertiary/aromatic N) is 2. The van der Waals surface area contributed by atoms with Gasteiger partial charge in [0, 0.05) is 18.5 Å². The van der Waals surface area contributed by atoms with Crippen molar-refractivity contribution >= 4 is 12.0 Å². The van der Waals surface area contributed by atoms with Crippen LogP contribution >= 0.6 is 0 Å². The zero-order valence-electron chi connectivity index (χ0n) is 13.5. The zero-order valence-corrected chi connectivity index (χ0v) is 13.5. The number of hydrazine groups is 1. The summed E-state index contributed by atoms with van der Waals surface area (Å²) in [6.45, 7) is 1.49. The molecule has 0 unspecified atom stereocenters. The molecule has 4 rings (SSSR count). The molecule has 128 valence electrons. The summed E-state index contributed by atoms with van der Waals surface area (Å²) in [5, 5.41) is 1.19. The molecule has 3 fully saturated rings. The maximum absolute atomic E-state index is 12.4. The number of ether oxygens (including phenoxy) is 2. The summed E-state index contributed by atoms with van der Waals surface area (Å²) in [5.74, 6) is 1.27. The van der Waals surface area contributed by atoms with Crippen molar-refractivity contribution in [2.24, 2.45) is 5.92 Å². The summed E-state index contributed by atoms with van der Waals surface area (Å²) in [6.07, 6.45) is 4.86. The molecule has 1 aromatic heterocycles. The van der Waals surface area contributed by atoms with Gasteiger partial charge in [0.05, 0.1) is 13.2 Å². The third-order valence-electron chi connectivity index (χ3n) is 4.50. The minimum Gasteiger partial charge on any atom is -0.477 e. The smallest absolute Gasteiger partial charge is 0.428 e. The number of hydrogen-bond donors (Lipinski definition) is 1. The molecule has 7 nitrogen and oxygen atoms in total. The third kappa shape index (κ3) is 3.44. The van der Waals surface area contributed by atoms with E-state index in [-0.39, 0.29) is 5.69 Å². The second-order valence-electron chi connectivity index (χ2n) is 6.68. The lowest BCUT2D eigenvalue weighted by Gasteiger charge is -2.26. The van der Waals surface area contributed by atoms with Gasteiger partial charge in [-0.25, -0.2) is 14.8 Å². The number of pyridine rings is 1. The van der Waals surface area contributed by atoms with Gasteiger partial charge < -0.3 is 9.47 Å². The quantitative estimate of drug-likeness (QED) is 0.864. The van der Waals surface area contributed by atoms with Crippen molar-refractivity contribution < 1.29 is 19.1 Å². The van der Waals surface area contributed by atoms with E-state index in [4.69, 9.17) is 9.47 Å². The Balaban J connectivity index is 1.47. The van der Waals surface area contributed by atoms with Crippen molar-refractivity contribution in [1.82, 2.24) is 15.4 Å². The lowest BCUT2D eigenvalue weighted by atomic mass is 10.1. The molecule has 1 N–H and O–H groups in total. The van der Waals surface area contributed by atoms with Gasteiger partial charge in [-0.1, -0.05) is 6.07 Å². The first-order valence-corrected chi connectivity index (χ1v) is 8.60. The molecule has 3 aliphatic rings. The predicted molar refractivity (Wildman–Crippen MR) is 84.6 cm³/mol. The number of carbonyl (C=O) groups is 2. The first-order chi connectivity index (χ1) is 11.7. The number of nitrogens with one attached hydrogen (secondary N) is 1. The van der Waals surface area contributed by atoms with Crippen molar-refractivity contribution in [3.05, 3.63) is 23.4 Å². The van der Waals surface area contributed by atoms with Gasteiger partial charge in [0.2, 0.25) is 5.88 Å². The summed E-state index contributed by atoms with van der Waals surface area (Å²) < 4.78 is 10.8. The van der Waals surface area contributed by atoms with E-state index >= 15 is 0 Å². The molecule has 2 heterocycles. The van der Waals surface area contributed by atoms with Gasteiger partial charge in [-0.2, -0.15) is 0 Å². The maximum atomic E-state index is 12.4. The van der Waals surface area contributed by atoms with Crippen LogP contribution in [-0.2, 0) is 4.74 Å². The van der Waals surface area contributed by atoms with E-state index in [1.807, 2.05) is 6.07 Å². The Hall–Kier alpha value is -2.31. The lowest BCUT2D eigenvalue weighted by molar-refractivity contribution is 0.0440. The Morgan fingerprint density at radius 1 is 1.33 bits per heavy atom. The van der Waals surface area contributed by atoms with Crippen LogP contribution in [-0.4, -0.2) is 41.8 Å². The van der Waals surface area contributed by atoms with E-state index in [9.17, 15) is 9.59 Å². The number of carbonyl (C=O) groups excluding carboxylic acids is 2. The topological polar surface area (TPSA) is 80.8 Å². The molecule has 24 heavy (non-hydrogen) atoms. The lowest BCUT2D eigenvalue weighted by Crippen LogP contribution is -2.49. The molecule has 1 saturated heterocycles. The van der Waals surface area contributed by atoms with Gasteiger partial charge >= 0.3 is 6.09 Å². The second kappa shape index (κ2) is 6.30. The second-order valence-corrected chi connectivity index (χ2v) is 6.68. The van der Waals surface area contributed by atoms with Crippen molar-refractivity contribution in [1.29, 1.82) is 0 Å². The molecule has 0 spiro atoms. The van der Waals surface area contributed by atoms with E-state index in [1.54, 1.807) is 6.07 Å². The average molecular weight is 331 g/mol. The van der Waals surface area contributed by atoms with E-state index < -0.39 is 12.0 Å². The van der Waals surface area contributed by atoms with Crippen LogP contribution in [0.4, 0.5) is 4.79 Å². The molecule has 1 aliphatic heterocycles. The highest BCUT2D eigenvalue weighted by molar-refractivity contribution is 5.93. The number of aromatic nitrogens is 1. The molecule has 0 atom stereocenters. The first-order valence-electron chi connectivity index (χ1n) is 8.60. The fourth-order valence-electron chi connectivity index (χ4n) is 2.71. The van der Waals surface area contributed by atoms with Crippen LogP contribution in [0.15, 0.2) is 12.1 Å². The Bertz CT molecular complexity index is 655. The van der Waals surface area contributed by atoms with Crippen LogP contribution in [0, 0.1) is 5.92 Å². The fourth-order valence-corrected chi connectivity index (χ4v) is 2.71. The molecule has 2 amide bonds. The summed E-state index contributed by atoms with van der Waals surface area (Å²) in [7, 11) is 0. The zero-order chi connectivity index (χ0) is 16.5. The van der Waals surface area contributed by atoms with E-state index in [0.717, 1.165) is 18.4 Å². The standard InChI is InChI=1S/C17H21N3O4/c21-15(19-20-8-1-9-23-17(20)22)14-7-6-13(12-4-5-12)16(18-14)24-10-11-2-3-11/h6-7,11-12H,1-5,8-10H2,(H,19,21). The Kier molecular flexibility index (Phi) is 4.00. The van der Waals surface area contributed by atoms with Crippen LogP contribution in [0.3, 0.4) is 0 Å². The number of amides is 2. The van der Waals surface area contributed by atoms with Crippen molar-refractivity contribution in [2.45, 2.75) is 38.0 Å². The SMILES string of the molecule is O=C(NN1CCCOC1=O)c1ccc(C2CC2)c(OCC2CC2)n1. The average Bonchev–Trinajstić information content (AvgIpc) is 3.48. The van der Waals surface area contributed by atoms with Crippen LogP contribution in [0.2, 0.25) is 0 Å². The van der Waals surface area contributed by atoms with Gasteiger partial charge in [0.15, 0.2) is 0 Å². The summed E-state index contributed by atoms with van der Waals surface area (Å²) >= 11 is 0. The third-order valence-corrected chi connectivity index (χ3v) is 4.50. The minimum atomic E-state index is -0.533. The number of cyclic esters (lactones) is 1. The van der Waals surface area contributed by atoms with Gasteiger partial charge in [-0.15, -0.1) is 0 Å². The van der Waals surface area contributed by atoms with Gasteiger partial charge in [-0.3, -0.25) is 10.2 Å². The van der Waals surface area contributed by atoms with Crippen LogP contribution < -0.4 is 10.2 Å². The molecule has 0 radical (unpaired) electrons. The summed E-state index contributed by atoms with van der Waals surface area (Å²) in [6, 6.07) is 3.62. The molecule has 2 saturated carbocycles. The van der Waals surface area contributed by atoms with Crippen molar-refractivity contribution in [3.8, 4) is 5.88 Å². The van der Waals surface area contributed by atoms with Gasteiger partial charge in [-0.05, 0) is 43.6 Å². The molecule has 2 aliphatic carbocycles. The fraction of sp³-hybridized carbons (Fsp3) is 0.588. The minimum absolute atomic E-state index is 0.253. The summed E-state index contributed by atoms with van der Waals surface area (Å²) in [5.41, 5.74) is 3.90. The normalized spacial score (nSPS) is 20.5. The highest BCUT2D eigenvalue weighted by Gasteiger charge is 2.30. The molecule has 7 heteroatoms. The predicted octanol–water partition coefficient (Wildman–Crippen LogP) is 2.23. The molecular formula is C17H21N3O4. The van der Waals surface area contributed by atoms with Crippen LogP contribution in [0.5, 0.6) is 5.88 Å². The van der Waals surface area contributed by atoms with Gasteiger partial charge in [0.25, 0.3) is 5.91 Å². The van der Waals surface area contributed by atoms with Crippen molar-refractivity contribution in [3.63, 3.8) is 0 Å². The van der Waals surface area contributed by atoms with Gasteiger partial charge in [0.1, 0.15) is 5.69 Å². The van der Waals surface area contributed by atoms with E-state index in [2.05, 4.69) is 10.4 Å². The molecular weight excluding hydrogens is 310 g/mol. The Morgan fingerprint density at radius 3 is 2.88 bits per heavy atom. The maximum Gasteiger partial charge on any atom is 0.428 e. The summed E-state index contributed by atoms with van der Waals surface area (Å²) in [4.78, 5) is 28.4. The highest BCUT2D eigenvalue weighted by Crippen LogP contribution is 2.44. The molecule has 0 aromatic carbocycles. The molecule has 1 aromatic rings. The first kappa shape index (κ1) is 15.2. The highest BCUT2D eigenvalue weighted by atomic mass is 16.6. The Morgan fingerprint density at radius 2 is 2.17 bits per heavy atom. The Labute approximate surface area is 140 Å². The molecule has 0 bridgehead atoms.